The molecule has 0 unspecified atom stereocenters. The van der Waals surface area contributed by atoms with Gasteiger partial charge >= 0.3 is 11.9 Å². The van der Waals surface area contributed by atoms with Crippen LogP contribution in [0.3, 0.4) is 0 Å². The molecule has 4 nitrogen and oxygen atoms in total. The lowest BCUT2D eigenvalue weighted by atomic mass is 10.0. The number of esters is 2. The molecule has 0 saturated heterocycles. The maximum Gasteiger partial charge on any atom is 0.345 e. The van der Waals surface area contributed by atoms with Crippen molar-refractivity contribution in [1.82, 2.24) is 0 Å². The van der Waals surface area contributed by atoms with Crippen molar-refractivity contribution in [2.75, 3.05) is 0 Å². The predicted octanol–water partition coefficient (Wildman–Crippen LogP) is 11.0. The minimum Gasteiger partial charge on any atom is -0.423 e. The third-order valence-corrected chi connectivity index (χ3v) is 7.90. The second-order valence-corrected chi connectivity index (χ2v) is 11.6. The standard InChI is InChI=1S/C37H47ClO4/c1-3-5-7-9-10-11-13-15-17-30-20-24-32(25-21-30)41-37(40)34-27-26-33(28-35(34)38)42-36(39)31-22-18-29(19-23-31)16-14-12-8-6-4-2/h18-28H,3-17H2,1-2H3. The second-order valence-electron chi connectivity index (χ2n) is 11.2. The monoisotopic (exact) mass is 590 g/mol. The SMILES string of the molecule is CCCCCCCCCCc1ccc(OC(=O)c2ccc(OC(=O)c3ccc(CCCCCCC)cc3)cc2Cl)cc1. The van der Waals surface area contributed by atoms with Gasteiger partial charge in [-0.3, -0.25) is 0 Å². The minimum atomic E-state index is -0.556. The van der Waals surface area contributed by atoms with Gasteiger partial charge in [0.2, 0.25) is 0 Å². The first kappa shape index (κ1) is 33.4. The number of carbonyl (C=O) groups excluding carboxylic acids is 2. The van der Waals surface area contributed by atoms with Gasteiger partial charge in [0.1, 0.15) is 11.5 Å². The molecule has 0 N–H and O–H groups in total. The molecule has 3 aromatic rings. The maximum absolute atomic E-state index is 12.8. The van der Waals surface area contributed by atoms with Gasteiger partial charge in [0.15, 0.2) is 0 Å². The zero-order valence-corrected chi connectivity index (χ0v) is 26.2. The highest BCUT2D eigenvalue weighted by Crippen LogP contribution is 2.25. The molecule has 0 atom stereocenters. The Labute approximate surface area is 257 Å². The Kier molecular flexibility index (Phi) is 15.2. The third-order valence-electron chi connectivity index (χ3n) is 7.58. The average molecular weight is 591 g/mol. The van der Waals surface area contributed by atoms with E-state index in [1.165, 1.54) is 100 Å². The molecule has 3 aromatic carbocycles. The first-order chi connectivity index (χ1) is 20.5. The highest BCUT2D eigenvalue weighted by Gasteiger charge is 2.16. The van der Waals surface area contributed by atoms with E-state index in [0.717, 1.165) is 19.3 Å². The number of benzene rings is 3. The van der Waals surface area contributed by atoms with Crippen LogP contribution in [0.5, 0.6) is 11.5 Å². The lowest BCUT2D eigenvalue weighted by Gasteiger charge is -2.09. The molecule has 0 aliphatic rings. The Morgan fingerprint density at radius 3 is 1.52 bits per heavy atom. The zero-order valence-electron chi connectivity index (χ0n) is 25.5. The summed E-state index contributed by atoms with van der Waals surface area (Å²) in [7, 11) is 0. The van der Waals surface area contributed by atoms with Crippen LogP contribution in [0.15, 0.2) is 66.7 Å². The number of aryl methyl sites for hydroxylation is 2. The Morgan fingerprint density at radius 1 is 0.548 bits per heavy atom. The zero-order chi connectivity index (χ0) is 30.0. The molecule has 0 saturated carbocycles. The molecule has 0 aliphatic carbocycles. The van der Waals surface area contributed by atoms with Crippen molar-refractivity contribution in [3.05, 3.63) is 94.0 Å². The Hall–Kier alpha value is -3.11. The van der Waals surface area contributed by atoms with E-state index in [1.54, 1.807) is 18.2 Å². The summed E-state index contributed by atoms with van der Waals surface area (Å²) < 4.78 is 11.0. The van der Waals surface area contributed by atoms with Gasteiger partial charge in [-0.25, -0.2) is 9.59 Å². The van der Waals surface area contributed by atoms with Gasteiger partial charge in [-0.05, 0) is 73.2 Å². The van der Waals surface area contributed by atoms with E-state index in [1.807, 2.05) is 36.4 Å². The van der Waals surface area contributed by atoms with Crippen LogP contribution in [0, 0.1) is 0 Å². The fourth-order valence-electron chi connectivity index (χ4n) is 4.98. The summed E-state index contributed by atoms with van der Waals surface area (Å²) in [5.41, 5.74) is 3.13. The molecule has 0 aliphatic heterocycles. The van der Waals surface area contributed by atoms with Gasteiger partial charge in [0, 0.05) is 6.07 Å². The molecule has 0 bridgehead atoms. The lowest BCUT2D eigenvalue weighted by molar-refractivity contribution is 0.0730. The number of halogens is 1. The van der Waals surface area contributed by atoms with E-state index in [-0.39, 0.29) is 16.3 Å². The summed E-state index contributed by atoms with van der Waals surface area (Å²) in [5.74, 6) is -0.288. The topological polar surface area (TPSA) is 52.6 Å². The Balaban J connectivity index is 1.43. The molecule has 3 rings (SSSR count). The third kappa shape index (κ3) is 12.0. The van der Waals surface area contributed by atoms with Gasteiger partial charge in [-0.15, -0.1) is 0 Å². The van der Waals surface area contributed by atoms with E-state index < -0.39 is 11.9 Å². The quantitative estimate of drug-likeness (QED) is 0.0791. The van der Waals surface area contributed by atoms with Gasteiger partial charge in [0.05, 0.1) is 16.1 Å². The van der Waals surface area contributed by atoms with Crippen molar-refractivity contribution >= 4 is 23.5 Å². The molecule has 42 heavy (non-hydrogen) atoms. The number of ether oxygens (including phenoxy) is 2. The molecular formula is C37H47ClO4. The van der Waals surface area contributed by atoms with Crippen LogP contribution in [0.2, 0.25) is 5.02 Å². The van der Waals surface area contributed by atoms with Crippen molar-refractivity contribution in [2.24, 2.45) is 0 Å². The fourth-order valence-corrected chi connectivity index (χ4v) is 5.23. The maximum atomic E-state index is 12.8. The first-order valence-corrected chi connectivity index (χ1v) is 16.3. The van der Waals surface area contributed by atoms with Crippen LogP contribution in [0.25, 0.3) is 0 Å². The van der Waals surface area contributed by atoms with E-state index in [2.05, 4.69) is 13.8 Å². The normalized spacial score (nSPS) is 10.9. The first-order valence-electron chi connectivity index (χ1n) is 15.9. The van der Waals surface area contributed by atoms with Crippen molar-refractivity contribution in [1.29, 1.82) is 0 Å². The van der Waals surface area contributed by atoms with Crippen LogP contribution >= 0.6 is 11.6 Å². The molecule has 5 heteroatoms. The number of carbonyl (C=O) groups is 2. The number of hydrogen-bond acceptors (Lipinski definition) is 4. The molecule has 0 amide bonds. The Bertz CT molecular complexity index is 1220. The van der Waals surface area contributed by atoms with E-state index in [0.29, 0.717) is 11.3 Å². The molecule has 0 aromatic heterocycles. The lowest BCUT2D eigenvalue weighted by Crippen LogP contribution is -2.11. The summed E-state index contributed by atoms with van der Waals surface area (Å²) in [6, 6.07) is 19.7. The largest absolute Gasteiger partial charge is 0.423 e. The smallest absolute Gasteiger partial charge is 0.345 e. The Morgan fingerprint density at radius 2 is 1.00 bits per heavy atom. The summed E-state index contributed by atoms with van der Waals surface area (Å²) in [6.45, 7) is 4.46. The average Bonchev–Trinajstić information content (AvgIpc) is 2.99. The van der Waals surface area contributed by atoms with Crippen molar-refractivity contribution in [3.8, 4) is 11.5 Å². The van der Waals surface area contributed by atoms with Crippen LogP contribution in [-0.2, 0) is 12.8 Å². The summed E-state index contributed by atoms with van der Waals surface area (Å²) in [5, 5.41) is 0.162. The van der Waals surface area contributed by atoms with E-state index in [4.69, 9.17) is 21.1 Å². The van der Waals surface area contributed by atoms with Crippen molar-refractivity contribution in [2.45, 2.75) is 110 Å². The summed E-state index contributed by atoms with van der Waals surface area (Å²) in [6.07, 6.45) is 18.6. The highest BCUT2D eigenvalue weighted by molar-refractivity contribution is 6.33. The van der Waals surface area contributed by atoms with Crippen LogP contribution < -0.4 is 9.47 Å². The van der Waals surface area contributed by atoms with Crippen LogP contribution in [-0.4, -0.2) is 11.9 Å². The molecular weight excluding hydrogens is 544 g/mol. The van der Waals surface area contributed by atoms with E-state index >= 15 is 0 Å². The number of unbranched alkanes of at least 4 members (excludes halogenated alkanes) is 11. The van der Waals surface area contributed by atoms with Crippen molar-refractivity contribution in [3.63, 3.8) is 0 Å². The molecule has 226 valence electrons. The summed E-state index contributed by atoms with van der Waals surface area (Å²) in [4.78, 5) is 25.4. The van der Waals surface area contributed by atoms with Crippen molar-refractivity contribution < 1.29 is 19.1 Å². The van der Waals surface area contributed by atoms with Crippen LogP contribution in [0.1, 0.15) is 129 Å². The second kappa shape index (κ2) is 19.2. The highest BCUT2D eigenvalue weighted by atomic mass is 35.5. The predicted molar refractivity (Wildman–Crippen MR) is 173 cm³/mol. The van der Waals surface area contributed by atoms with Gasteiger partial charge in [-0.1, -0.05) is 120 Å². The van der Waals surface area contributed by atoms with Gasteiger partial charge < -0.3 is 9.47 Å². The molecule has 0 spiro atoms. The number of rotatable bonds is 19. The summed E-state index contributed by atoms with van der Waals surface area (Å²) >= 11 is 6.37. The molecule has 0 radical (unpaired) electrons. The fraction of sp³-hybridized carbons (Fsp3) is 0.459. The minimum absolute atomic E-state index is 0.162. The molecule has 0 heterocycles. The molecule has 0 fully saturated rings. The van der Waals surface area contributed by atoms with Gasteiger partial charge in [-0.2, -0.15) is 0 Å². The van der Waals surface area contributed by atoms with Crippen LogP contribution in [0.4, 0.5) is 0 Å². The number of hydrogen-bond donors (Lipinski definition) is 0. The van der Waals surface area contributed by atoms with E-state index in [9.17, 15) is 9.59 Å². The van der Waals surface area contributed by atoms with Gasteiger partial charge in [0.25, 0.3) is 0 Å².